The molecule has 3 atom stereocenters. The van der Waals surface area contributed by atoms with Gasteiger partial charge in [-0.05, 0) is 23.5 Å². The number of alkyl carbamates (subject to hydrolysis) is 1. The average Bonchev–Trinajstić information content (AvgIpc) is 3.45. The zero-order valence-electron chi connectivity index (χ0n) is 15.1. The molecule has 0 heterocycles. The van der Waals surface area contributed by atoms with Gasteiger partial charge in [0.25, 0.3) is 0 Å². The highest BCUT2D eigenvalue weighted by Gasteiger charge is 2.49. The number of carbonyl (C=O) groups excluding carboxylic acids is 2. The van der Waals surface area contributed by atoms with E-state index < -0.39 is 6.09 Å². The third kappa shape index (κ3) is 4.42. The van der Waals surface area contributed by atoms with Crippen LogP contribution in [0.4, 0.5) is 4.79 Å². The molecule has 0 spiro atoms. The maximum Gasteiger partial charge on any atom is 0.407 e. The average molecular weight is 352 g/mol. The molecule has 1 saturated carbocycles. The molecule has 0 radical (unpaired) electrons. The van der Waals surface area contributed by atoms with E-state index >= 15 is 0 Å². The normalized spacial score (nSPS) is 19.3. The minimum absolute atomic E-state index is 0.0513. The summed E-state index contributed by atoms with van der Waals surface area (Å²) < 4.78 is 5.36. The van der Waals surface area contributed by atoms with E-state index in [0.29, 0.717) is 0 Å². The van der Waals surface area contributed by atoms with Crippen molar-refractivity contribution in [1.82, 2.24) is 10.2 Å². The Balaban J connectivity index is 1.65. The molecular formula is C21H24N2O3. The highest BCUT2D eigenvalue weighted by Crippen LogP contribution is 2.48. The van der Waals surface area contributed by atoms with Gasteiger partial charge in [0, 0.05) is 20.0 Å². The van der Waals surface area contributed by atoms with Crippen molar-refractivity contribution in [3.05, 3.63) is 71.8 Å². The number of nitrogens with one attached hydrogen (secondary N) is 1. The Hall–Kier alpha value is -2.82. The lowest BCUT2D eigenvalue weighted by Gasteiger charge is -2.20. The summed E-state index contributed by atoms with van der Waals surface area (Å²) in [5, 5.41) is 2.96. The predicted molar refractivity (Wildman–Crippen MR) is 99.2 cm³/mol. The van der Waals surface area contributed by atoms with Gasteiger partial charge in [-0.1, -0.05) is 60.7 Å². The number of hydrogen-bond acceptors (Lipinski definition) is 3. The van der Waals surface area contributed by atoms with Crippen LogP contribution in [0.3, 0.4) is 0 Å². The first-order valence-corrected chi connectivity index (χ1v) is 8.79. The number of amides is 2. The van der Waals surface area contributed by atoms with Gasteiger partial charge in [0.05, 0.1) is 6.04 Å². The number of ether oxygens (including phenoxy) is 1. The van der Waals surface area contributed by atoms with Crippen molar-refractivity contribution < 1.29 is 14.3 Å². The van der Waals surface area contributed by atoms with Crippen LogP contribution >= 0.6 is 0 Å². The Labute approximate surface area is 154 Å². The molecule has 0 bridgehead atoms. The summed E-state index contributed by atoms with van der Waals surface area (Å²) in [5.41, 5.74) is 1.93. The van der Waals surface area contributed by atoms with E-state index in [1.807, 2.05) is 60.7 Å². The van der Waals surface area contributed by atoms with Crippen LogP contribution in [0.1, 0.15) is 23.6 Å². The smallest absolute Gasteiger partial charge is 0.407 e. The van der Waals surface area contributed by atoms with Gasteiger partial charge >= 0.3 is 6.09 Å². The molecule has 0 aliphatic heterocycles. The van der Waals surface area contributed by atoms with Crippen LogP contribution in [-0.4, -0.2) is 31.0 Å². The van der Waals surface area contributed by atoms with E-state index in [-0.39, 0.29) is 30.4 Å². The highest BCUT2D eigenvalue weighted by atomic mass is 16.5. The van der Waals surface area contributed by atoms with Crippen molar-refractivity contribution >= 4 is 12.0 Å². The summed E-state index contributed by atoms with van der Waals surface area (Å²) >= 11 is 0. The SMILES string of the molecule is CN(C)C(=O)[C@@H]1C[C@@H]1[C@@H](NC(=O)OCc1ccccc1)c1ccccc1. The van der Waals surface area contributed by atoms with E-state index in [1.54, 1.807) is 19.0 Å². The zero-order chi connectivity index (χ0) is 18.5. The van der Waals surface area contributed by atoms with Crippen LogP contribution < -0.4 is 5.32 Å². The van der Waals surface area contributed by atoms with Crippen LogP contribution in [0.2, 0.25) is 0 Å². The van der Waals surface area contributed by atoms with E-state index in [4.69, 9.17) is 4.74 Å². The van der Waals surface area contributed by atoms with Crippen molar-refractivity contribution in [1.29, 1.82) is 0 Å². The summed E-state index contributed by atoms with van der Waals surface area (Å²) in [6.07, 6.45) is 0.306. The lowest BCUT2D eigenvalue weighted by molar-refractivity contribution is -0.130. The van der Waals surface area contributed by atoms with Gasteiger partial charge in [0.2, 0.25) is 5.91 Å². The Morgan fingerprint density at radius 3 is 2.31 bits per heavy atom. The van der Waals surface area contributed by atoms with Crippen LogP contribution in [0.15, 0.2) is 60.7 Å². The minimum atomic E-state index is -0.467. The molecule has 2 aromatic carbocycles. The van der Waals surface area contributed by atoms with E-state index in [1.165, 1.54) is 0 Å². The van der Waals surface area contributed by atoms with Gasteiger partial charge in [0.15, 0.2) is 0 Å². The third-order valence-corrected chi connectivity index (χ3v) is 4.67. The van der Waals surface area contributed by atoms with E-state index in [2.05, 4.69) is 5.32 Å². The molecule has 3 rings (SSSR count). The van der Waals surface area contributed by atoms with Crippen molar-refractivity contribution in [2.75, 3.05) is 14.1 Å². The first-order chi connectivity index (χ1) is 12.6. The fourth-order valence-corrected chi connectivity index (χ4v) is 3.19. The molecule has 2 aromatic rings. The largest absolute Gasteiger partial charge is 0.445 e. The fraction of sp³-hybridized carbons (Fsp3) is 0.333. The molecule has 1 N–H and O–H groups in total. The van der Waals surface area contributed by atoms with Crippen molar-refractivity contribution in [3.8, 4) is 0 Å². The highest BCUT2D eigenvalue weighted by molar-refractivity contribution is 5.81. The van der Waals surface area contributed by atoms with Gasteiger partial charge in [-0.25, -0.2) is 4.79 Å². The molecule has 26 heavy (non-hydrogen) atoms. The predicted octanol–water partition coefficient (Wildman–Crippen LogP) is 3.38. The van der Waals surface area contributed by atoms with E-state index in [9.17, 15) is 9.59 Å². The van der Waals surface area contributed by atoms with Crippen LogP contribution in [0.5, 0.6) is 0 Å². The number of nitrogens with zero attached hydrogens (tertiary/aromatic N) is 1. The van der Waals surface area contributed by atoms with Crippen molar-refractivity contribution in [2.45, 2.75) is 19.1 Å². The maximum absolute atomic E-state index is 12.3. The second kappa shape index (κ2) is 8.04. The topological polar surface area (TPSA) is 58.6 Å². The first kappa shape index (κ1) is 18.0. The summed E-state index contributed by atoms with van der Waals surface area (Å²) in [5.74, 6) is 0.150. The molecule has 136 valence electrons. The van der Waals surface area contributed by atoms with Gasteiger partial charge in [-0.15, -0.1) is 0 Å². The van der Waals surface area contributed by atoms with Crippen molar-refractivity contribution in [3.63, 3.8) is 0 Å². The number of benzene rings is 2. The molecule has 0 aromatic heterocycles. The minimum Gasteiger partial charge on any atom is -0.445 e. The molecule has 5 heteroatoms. The van der Waals surface area contributed by atoms with Crippen molar-refractivity contribution in [2.24, 2.45) is 11.8 Å². The van der Waals surface area contributed by atoms with Gasteiger partial charge in [-0.3, -0.25) is 4.79 Å². The fourth-order valence-electron chi connectivity index (χ4n) is 3.19. The zero-order valence-corrected chi connectivity index (χ0v) is 15.1. The molecule has 1 aliphatic rings. The summed E-state index contributed by atoms with van der Waals surface area (Å²) in [6.45, 7) is 0.221. The Morgan fingerprint density at radius 2 is 1.69 bits per heavy atom. The quantitative estimate of drug-likeness (QED) is 0.867. The second-order valence-electron chi connectivity index (χ2n) is 6.83. The molecule has 0 saturated heterocycles. The molecule has 1 fully saturated rings. The molecular weight excluding hydrogens is 328 g/mol. The van der Waals surface area contributed by atoms with Gasteiger partial charge in [0.1, 0.15) is 6.61 Å². The standard InChI is InChI=1S/C21H24N2O3/c1-23(2)20(24)18-13-17(18)19(16-11-7-4-8-12-16)22-21(25)26-14-15-9-5-3-6-10-15/h3-12,17-19H,13-14H2,1-2H3,(H,22,25)/t17-,18+,19-/m0/s1. The maximum atomic E-state index is 12.3. The number of hydrogen-bond donors (Lipinski definition) is 1. The third-order valence-electron chi connectivity index (χ3n) is 4.67. The van der Waals surface area contributed by atoms with Crippen LogP contribution in [-0.2, 0) is 16.1 Å². The van der Waals surface area contributed by atoms with Gasteiger partial charge in [-0.2, -0.15) is 0 Å². The number of carbonyl (C=O) groups is 2. The first-order valence-electron chi connectivity index (χ1n) is 8.79. The van der Waals surface area contributed by atoms with E-state index in [0.717, 1.165) is 17.5 Å². The summed E-state index contributed by atoms with van der Waals surface area (Å²) in [7, 11) is 3.52. The Bertz CT molecular complexity index is 746. The molecule has 5 nitrogen and oxygen atoms in total. The molecule has 1 aliphatic carbocycles. The Kier molecular flexibility index (Phi) is 5.56. The van der Waals surface area contributed by atoms with Crippen LogP contribution in [0.25, 0.3) is 0 Å². The second-order valence-corrected chi connectivity index (χ2v) is 6.83. The lowest BCUT2D eigenvalue weighted by Crippen LogP contribution is -2.32. The molecule has 0 unspecified atom stereocenters. The molecule has 2 amide bonds. The van der Waals surface area contributed by atoms with Crippen LogP contribution in [0, 0.1) is 11.8 Å². The number of rotatable bonds is 6. The monoisotopic (exact) mass is 352 g/mol. The summed E-state index contributed by atoms with van der Waals surface area (Å²) in [4.78, 5) is 26.2. The summed E-state index contributed by atoms with van der Waals surface area (Å²) in [6, 6.07) is 19.1. The Morgan fingerprint density at radius 1 is 1.08 bits per heavy atom. The van der Waals surface area contributed by atoms with Gasteiger partial charge < -0.3 is 15.0 Å². The lowest BCUT2D eigenvalue weighted by atomic mass is 10.0.